The lowest BCUT2D eigenvalue weighted by Gasteiger charge is -2.23. The van der Waals surface area contributed by atoms with Crippen LogP contribution >= 0.6 is 23.2 Å². The standard InChI is InChI=1S/C19H18Cl2N4O3S/c1-29(27,28)25(18-10-15(20)4-7-17(18)21)12-19(26)23-11-14-2-5-16(6-3-14)24-9-8-22-13-24/h2-10,13H,11-12H2,1H3,(H,23,26). The molecule has 1 N–H and O–H groups in total. The van der Waals surface area contributed by atoms with Crippen LogP contribution in [0.25, 0.3) is 5.69 Å². The summed E-state index contributed by atoms with van der Waals surface area (Å²) in [6.07, 6.45) is 6.22. The third-order valence-corrected chi connectivity index (χ3v) is 5.77. The summed E-state index contributed by atoms with van der Waals surface area (Å²) >= 11 is 12.1. The highest BCUT2D eigenvalue weighted by molar-refractivity contribution is 7.92. The summed E-state index contributed by atoms with van der Waals surface area (Å²) in [7, 11) is -3.75. The fraction of sp³-hybridized carbons (Fsp3) is 0.158. The molecule has 0 radical (unpaired) electrons. The second-order valence-corrected chi connectivity index (χ2v) is 9.03. The van der Waals surface area contributed by atoms with E-state index < -0.39 is 22.5 Å². The number of rotatable bonds is 7. The number of halogens is 2. The van der Waals surface area contributed by atoms with E-state index in [1.807, 2.05) is 35.0 Å². The molecule has 1 aromatic heterocycles. The van der Waals surface area contributed by atoms with E-state index in [-0.39, 0.29) is 17.3 Å². The lowest BCUT2D eigenvalue weighted by atomic mass is 10.2. The second kappa shape index (κ2) is 8.86. The molecule has 0 aliphatic rings. The minimum absolute atomic E-state index is 0.154. The molecule has 3 rings (SSSR count). The minimum Gasteiger partial charge on any atom is -0.350 e. The summed E-state index contributed by atoms with van der Waals surface area (Å²) in [6, 6.07) is 12.0. The van der Waals surface area contributed by atoms with Crippen molar-refractivity contribution in [3.63, 3.8) is 0 Å². The summed E-state index contributed by atoms with van der Waals surface area (Å²) in [6.45, 7) is -0.157. The molecule has 1 amide bonds. The molecule has 29 heavy (non-hydrogen) atoms. The van der Waals surface area contributed by atoms with E-state index in [0.717, 1.165) is 21.8 Å². The van der Waals surface area contributed by atoms with Gasteiger partial charge in [0.15, 0.2) is 0 Å². The normalized spacial score (nSPS) is 11.3. The summed E-state index contributed by atoms with van der Waals surface area (Å²) in [5, 5.41) is 3.22. The van der Waals surface area contributed by atoms with Gasteiger partial charge in [-0.2, -0.15) is 0 Å². The van der Waals surface area contributed by atoms with Gasteiger partial charge in [-0.3, -0.25) is 9.10 Å². The van der Waals surface area contributed by atoms with Crippen molar-refractivity contribution in [3.05, 3.63) is 76.8 Å². The molecule has 0 bridgehead atoms. The highest BCUT2D eigenvalue weighted by Gasteiger charge is 2.23. The Bertz CT molecular complexity index is 1100. The topological polar surface area (TPSA) is 84.3 Å². The maximum absolute atomic E-state index is 12.4. The van der Waals surface area contributed by atoms with Gasteiger partial charge in [-0.05, 0) is 35.9 Å². The van der Waals surface area contributed by atoms with E-state index in [1.165, 1.54) is 12.1 Å². The van der Waals surface area contributed by atoms with Gasteiger partial charge in [-0.15, -0.1) is 0 Å². The van der Waals surface area contributed by atoms with E-state index in [2.05, 4.69) is 10.3 Å². The third kappa shape index (κ3) is 5.50. The Hall–Kier alpha value is -2.55. The largest absolute Gasteiger partial charge is 0.350 e. The van der Waals surface area contributed by atoms with Crippen LogP contribution in [0.1, 0.15) is 5.56 Å². The van der Waals surface area contributed by atoms with Crippen molar-refractivity contribution >= 4 is 44.8 Å². The molecule has 0 spiro atoms. The number of hydrogen-bond donors (Lipinski definition) is 1. The average molecular weight is 453 g/mol. The SMILES string of the molecule is CS(=O)(=O)N(CC(=O)NCc1ccc(-n2ccnc2)cc1)c1cc(Cl)ccc1Cl. The number of imidazole rings is 1. The average Bonchev–Trinajstić information content (AvgIpc) is 3.21. The molecule has 3 aromatic rings. The number of carbonyl (C=O) groups excluding carboxylic acids is 1. The van der Waals surface area contributed by atoms with Gasteiger partial charge < -0.3 is 9.88 Å². The summed E-state index contributed by atoms with van der Waals surface area (Å²) < 4.78 is 27.2. The number of anilines is 1. The van der Waals surface area contributed by atoms with Crippen LogP contribution in [-0.4, -0.2) is 36.7 Å². The van der Waals surface area contributed by atoms with Crippen molar-refractivity contribution in [2.45, 2.75) is 6.54 Å². The van der Waals surface area contributed by atoms with E-state index in [9.17, 15) is 13.2 Å². The number of aromatic nitrogens is 2. The fourth-order valence-corrected chi connectivity index (χ4v) is 3.94. The summed E-state index contributed by atoms with van der Waals surface area (Å²) in [4.78, 5) is 16.4. The minimum atomic E-state index is -3.75. The van der Waals surface area contributed by atoms with Gasteiger partial charge >= 0.3 is 0 Å². The number of benzene rings is 2. The van der Waals surface area contributed by atoms with Crippen LogP contribution in [0, 0.1) is 0 Å². The maximum Gasteiger partial charge on any atom is 0.241 e. The number of hydrogen-bond acceptors (Lipinski definition) is 4. The lowest BCUT2D eigenvalue weighted by molar-refractivity contribution is -0.119. The van der Waals surface area contributed by atoms with Gasteiger partial charge in [0.2, 0.25) is 15.9 Å². The van der Waals surface area contributed by atoms with Crippen LogP contribution in [0.3, 0.4) is 0 Å². The van der Waals surface area contributed by atoms with Crippen molar-refractivity contribution in [1.82, 2.24) is 14.9 Å². The van der Waals surface area contributed by atoms with Gasteiger partial charge in [0.1, 0.15) is 6.54 Å². The summed E-state index contributed by atoms with van der Waals surface area (Å²) in [5.41, 5.74) is 1.96. The maximum atomic E-state index is 12.4. The Morgan fingerprint density at radius 2 is 1.90 bits per heavy atom. The summed E-state index contributed by atoms with van der Waals surface area (Å²) in [5.74, 6) is -0.467. The molecule has 0 fully saturated rings. The van der Waals surface area contributed by atoms with Crippen LogP contribution in [0.2, 0.25) is 10.0 Å². The Balaban J connectivity index is 1.67. The molecule has 1 heterocycles. The zero-order valence-corrected chi connectivity index (χ0v) is 17.7. The monoisotopic (exact) mass is 452 g/mol. The van der Waals surface area contributed by atoms with Gasteiger partial charge in [0.05, 0.1) is 23.3 Å². The molecule has 0 saturated carbocycles. The van der Waals surface area contributed by atoms with Crippen LogP contribution in [-0.2, 0) is 21.4 Å². The van der Waals surface area contributed by atoms with Crippen LogP contribution in [0.4, 0.5) is 5.69 Å². The quantitative estimate of drug-likeness (QED) is 0.595. The van der Waals surface area contributed by atoms with Crippen LogP contribution in [0.5, 0.6) is 0 Å². The number of amides is 1. The van der Waals surface area contributed by atoms with E-state index in [1.54, 1.807) is 18.6 Å². The van der Waals surface area contributed by atoms with Crippen LogP contribution in [0.15, 0.2) is 61.2 Å². The molecule has 10 heteroatoms. The molecule has 2 aromatic carbocycles. The van der Waals surface area contributed by atoms with E-state index >= 15 is 0 Å². The Morgan fingerprint density at radius 3 is 2.52 bits per heavy atom. The Labute approximate surface area is 178 Å². The van der Waals surface area contributed by atoms with Crippen LogP contribution < -0.4 is 9.62 Å². The highest BCUT2D eigenvalue weighted by Crippen LogP contribution is 2.30. The molecule has 7 nitrogen and oxygen atoms in total. The van der Waals surface area contributed by atoms with Crippen molar-refractivity contribution in [2.24, 2.45) is 0 Å². The van der Waals surface area contributed by atoms with Crippen molar-refractivity contribution < 1.29 is 13.2 Å². The predicted octanol–water partition coefficient (Wildman–Crippen LogP) is 3.26. The van der Waals surface area contributed by atoms with E-state index in [0.29, 0.717) is 5.02 Å². The molecule has 0 unspecified atom stereocenters. The molecule has 0 atom stereocenters. The van der Waals surface area contributed by atoms with Gasteiger partial charge in [0.25, 0.3) is 0 Å². The molecule has 0 aliphatic carbocycles. The lowest BCUT2D eigenvalue weighted by Crippen LogP contribution is -2.40. The first kappa shape index (κ1) is 21.2. The first-order chi connectivity index (χ1) is 13.7. The van der Waals surface area contributed by atoms with Gasteiger partial charge in [-0.1, -0.05) is 35.3 Å². The number of sulfonamides is 1. The zero-order chi connectivity index (χ0) is 21.0. The Morgan fingerprint density at radius 1 is 1.17 bits per heavy atom. The first-order valence-electron chi connectivity index (χ1n) is 8.51. The van der Waals surface area contributed by atoms with Crippen molar-refractivity contribution in [1.29, 1.82) is 0 Å². The third-order valence-electron chi connectivity index (χ3n) is 4.09. The zero-order valence-electron chi connectivity index (χ0n) is 15.4. The number of carbonyl (C=O) groups is 1. The smallest absolute Gasteiger partial charge is 0.241 e. The molecule has 0 aliphatic heterocycles. The van der Waals surface area contributed by atoms with Gasteiger partial charge in [-0.25, -0.2) is 13.4 Å². The molecule has 152 valence electrons. The van der Waals surface area contributed by atoms with Crippen molar-refractivity contribution in [3.8, 4) is 5.69 Å². The predicted molar refractivity (Wildman–Crippen MR) is 114 cm³/mol. The fourth-order valence-electron chi connectivity index (χ4n) is 2.64. The number of nitrogens with one attached hydrogen (secondary N) is 1. The van der Waals surface area contributed by atoms with Crippen molar-refractivity contribution in [2.75, 3.05) is 17.1 Å². The van der Waals surface area contributed by atoms with E-state index in [4.69, 9.17) is 23.2 Å². The second-order valence-electron chi connectivity index (χ2n) is 6.28. The highest BCUT2D eigenvalue weighted by atomic mass is 35.5. The Kier molecular flexibility index (Phi) is 6.46. The molecular weight excluding hydrogens is 435 g/mol. The molecular formula is C19H18Cl2N4O3S. The van der Waals surface area contributed by atoms with Gasteiger partial charge in [0, 0.05) is 29.6 Å². The number of nitrogens with zero attached hydrogens (tertiary/aromatic N) is 3. The first-order valence-corrected chi connectivity index (χ1v) is 11.1. The molecule has 0 saturated heterocycles.